The molecule has 0 N–H and O–H groups in total. The van der Waals surface area contributed by atoms with Crippen molar-refractivity contribution in [3.63, 3.8) is 0 Å². The van der Waals surface area contributed by atoms with Gasteiger partial charge in [0, 0.05) is 12.1 Å². The molecule has 0 amide bonds. The summed E-state index contributed by atoms with van der Waals surface area (Å²) in [6, 6.07) is 2.71. The Bertz CT molecular complexity index is 536. The molecule has 1 rings (SSSR count). The highest BCUT2D eigenvalue weighted by Gasteiger charge is 2.12. The molecule has 0 aliphatic heterocycles. The predicted octanol–water partition coefficient (Wildman–Crippen LogP) is 5.28. The van der Waals surface area contributed by atoms with Gasteiger partial charge in [-0.05, 0) is 51.8 Å². The molecule has 0 saturated heterocycles. The lowest BCUT2D eigenvalue weighted by Crippen LogP contribution is -2.06. The van der Waals surface area contributed by atoms with Crippen LogP contribution in [0.2, 0.25) is 5.02 Å². The fourth-order valence-corrected chi connectivity index (χ4v) is 1.83. The van der Waals surface area contributed by atoms with E-state index < -0.39 is 5.82 Å². The van der Waals surface area contributed by atoms with Crippen LogP contribution in [0.1, 0.15) is 13.8 Å². The number of rotatable bonds is 8. The van der Waals surface area contributed by atoms with E-state index in [0.717, 1.165) is 9.10 Å². The molecule has 1 aromatic rings. The first-order chi connectivity index (χ1) is 10.4. The molecule has 0 heterocycles. The quantitative estimate of drug-likeness (QED) is 0.302. The monoisotopic (exact) mass is 457 g/mol. The average molecular weight is 460 g/mol. The average Bonchev–Trinajstić information content (AvgIpc) is 2.40. The Hall–Kier alpha value is -0.790. The van der Waals surface area contributed by atoms with Crippen molar-refractivity contribution in [1.82, 2.24) is 0 Å². The van der Waals surface area contributed by atoms with Gasteiger partial charge in [0.2, 0.25) is 0 Å². The minimum Gasteiger partial charge on any atom is -0.489 e. The van der Waals surface area contributed by atoms with E-state index in [1.54, 1.807) is 19.9 Å². The van der Waals surface area contributed by atoms with E-state index in [-0.39, 0.29) is 30.6 Å². The van der Waals surface area contributed by atoms with E-state index in [9.17, 15) is 4.39 Å². The molecule has 4 nitrogen and oxygen atoms in total. The fraction of sp³-hybridized carbons (Fsp3) is 0.357. The Morgan fingerprint density at radius 3 is 2.59 bits per heavy atom. The third-order valence-electron chi connectivity index (χ3n) is 2.13. The molecule has 0 unspecified atom stereocenters. The second-order valence-corrected chi connectivity index (χ2v) is 7.42. The molecule has 0 aliphatic carbocycles. The summed E-state index contributed by atoms with van der Waals surface area (Å²) in [7, 11) is 0. The number of halogens is 4. The second-order valence-electron chi connectivity index (χ2n) is 4.24. The smallest absolute Gasteiger partial charge is 0.173 e. The maximum Gasteiger partial charge on any atom is 0.173 e. The molecule has 0 aliphatic rings. The topological polar surface area (TPSA) is 40.0 Å². The molecule has 1 aromatic carbocycles. The maximum absolute atomic E-state index is 13.9. The number of nitrogens with zero attached hydrogens (tertiary/aromatic N) is 1. The summed E-state index contributed by atoms with van der Waals surface area (Å²) in [4.78, 5) is 4.95. The van der Waals surface area contributed by atoms with Crippen LogP contribution in [0.15, 0.2) is 26.8 Å². The summed E-state index contributed by atoms with van der Waals surface area (Å²) in [6.45, 7) is 4.21. The second kappa shape index (κ2) is 10.1. The van der Waals surface area contributed by atoms with Crippen molar-refractivity contribution in [3.8, 4) is 11.5 Å². The zero-order valence-corrected chi connectivity index (χ0v) is 16.0. The van der Waals surface area contributed by atoms with Crippen molar-refractivity contribution >= 4 is 49.2 Å². The first kappa shape index (κ1) is 19.3. The largest absolute Gasteiger partial charge is 0.489 e. The molecule has 0 spiro atoms. The zero-order valence-electron chi connectivity index (χ0n) is 12.0. The third kappa shape index (κ3) is 7.47. The van der Waals surface area contributed by atoms with Gasteiger partial charge in [-0.3, -0.25) is 0 Å². The normalized spacial score (nSPS) is 9.91. The van der Waals surface area contributed by atoms with Crippen molar-refractivity contribution < 1.29 is 18.7 Å². The van der Waals surface area contributed by atoms with E-state index in [1.165, 1.54) is 12.1 Å². The van der Waals surface area contributed by atoms with Crippen LogP contribution in [-0.2, 0) is 4.84 Å². The molecule has 0 atom stereocenters. The third-order valence-corrected chi connectivity index (χ3v) is 3.06. The number of ether oxygens (including phenoxy) is 2. The van der Waals surface area contributed by atoms with Crippen LogP contribution in [0.25, 0.3) is 0 Å². The standard InChI is InChI=1S/C14H15Br2ClFNO3/c1-9(2)19-22-6-5-21-14-11(17)7-10(8-12(14)18)20-4-3-13(15)16/h3,7-8H,4-6H2,1-2H3. The SMILES string of the molecule is CC(C)=NOCCOc1c(F)cc(OCC=C(Br)Br)cc1Cl. The van der Waals surface area contributed by atoms with Gasteiger partial charge in [-0.2, -0.15) is 0 Å². The van der Waals surface area contributed by atoms with Crippen LogP contribution < -0.4 is 9.47 Å². The van der Waals surface area contributed by atoms with Crippen LogP contribution in [-0.4, -0.2) is 25.5 Å². The lowest BCUT2D eigenvalue weighted by atomic mass is 10.3. The zero-order chi connectivity index (χ0) is 16.5. The minimum atomic E-state index is -0.598. The van der Waals surface area contributed by atoms with Gasteiger partial charge in [0.05, 0.1) is 14.1 Å². The molecule has 0 bridgehead atoms. The minimum absolute atomic E-state index is 0.0352. The summed E-state index contributed by atoms with van der Waals surface area (Å²) in [5.74, 6) is -0.318. The Morgan fingerprint density at radius 2 is 2.00 bits per heavy atom. The lowest BCUT2D eigenvalue weighted by molar-refractivity contribution is 0.105. The molecule has 0 radical (unpaired) electrons. The van der Waals surface area contributed by atoms with Gasteiger partial charge < -0.3 is 14.3 Å². The first-order valence-electron chi connectivity index (χ1n) is 6.29. The van der Waals surface area contributed by atoms with E-state index in [4.69, 9.17) is 25.9 Å². The molecule has 0 aromatic heterocycles. The highest BCUT2D eigenvalue weighted by molar-refractivity contribution is 9.28. The Balaban J connectivity index is 2.58. The van der Waals surface area contributed by atoms with Gasteiger partial charge in [0.25, 0.3) is 0 Å². The van der Waals surface area contributed by atoms with Crippen LogP contribution in [0, 0.1) is 5.82 Å². The van der Waals surface area contributed by atoms with Crippen LogP contribution in [0.3, 0.4) is 0 Å². The van der Waals surface area contributed by atoms with E-state index in [1.807, 2.05) is 0 Å². The lowest BCUT2D eigenvalue weighted by Gasteiger charge is -2.11. The van der Waals surface area contributed by atoms with Crippen LogP contribution >= 0.6 is 43.5 Å². The number of hydrogen-bond donors (Lipinski definition) is 0. The predicted molar refractivity (Wildman–Crippen MR) is 93.1 cm³/mol. The van der Waals surface area contributed by atoms with Crippen molar-refractivity contribution in [2.75, 3.05) is 19.8 Å². The van der Waals surface area contributed by atoms with Gasteiger partial charge in [-0.15, -0.1) is 0 Å². The van der Waals surface area contributed by atoms with Gasteiger partial charge in [0.15, 0.2) is 18.2 Å². The summed E-state index contributed by atoms with van der Waals surface area (Å²) in [6.07, 6.45) is 1.73. The maximum atomic E-state index is 13.9. The van der Waals surface area contributed by atoms with E-state index in [2.05, 4.69) is 37.0 Å². The van der Waals surface area contributed by atoms with E-state index >= 15 is 0 Å². The fourth-order valence-electron chi connectivity index (χ4n) is 1.31. The Kier molecular flexibility index (Phi) is 8.82. The summed E-state index contributed by atoms with van der Waals surface area (Å²) in [5.41, 5.74) is 0.787. The number of hydrogen-bond acceptors (Lipinski definition) is 4. The molecule has 22 heavy (non-hydrogen) atoms. The van der Waals surface area contributed by atoms with Crippen molar-refractivity contribution in [1.29, 1.82) is 0 Å². The highest BCUT2D eigenvalue weighted by Crippen LogP contribution is 2.32. The van der Waals surface area contributed by atoms with Gasteiger partial charge in [-0.25, -0.2) is 4.39 Å². The Morgan fingerprint density at radius 1 is 1.27 bits per heavy atom. The molecule has 0 saturated carbocycles. The summed E-state index contributed by atoms with van der Waals surface area (Å²) >= 11 is 12.4. The van der Waals surface area contributed by atoms with Gasteiger partial charge in [0.1, 0.15) is 19.0 Å². The van der Waals surface area contributed by atoms with Crippen LogP contribution in [0.4, 0.5) is 4.39 Å². The number of oxime groups is 1. The first-order valence-corrected chi connectivity index (χ1v) is 8.25. The van der Waals surface area contributed by atoms with E-state index in [0.29, 0.717) is 5.75 Å². The number of benzene rings is 1. The molecule has 0 fully saturated rings. The molecular weight excluding hydrogens is 444 g/mol. The van der Waals surface area contributed by atoms with Gasteiger partial charge >= 0.3 is 0 Å². The van der Waals surface area contributed by atoms with Crippen molar-refractivity contribution in [2.24, 2.45) is 5.16 Å². The summed E-state index contributed by atoms with van der Waals surface area (Å²) in [5, 5.41) is 3.87. The van der Waals surface area contributed by atoms with Crippen molar-refractivity contribution in [3.05, 3.63) is 32.4 Å². The van der Waals surface area contributed by atoms with Crippen molar-refractivity contribution in [2.45, 2.75) is 13.8 Å². The summed E-state index contributed by atoms with van der Waals surface area (Å²) < 4.78 is 25.3. The highest BCUT2D eigenvalue weighted by atomic mass is 79.9. The van der Waals surface area contributed by atoms with Crippen LogP contribution in [0.5, 0.6) is 11.5 Å². The van der Waals surface area contributed by atoms with Gasteiger partial charge in [-0.1, -0.05) is 16.8 Å². The molecule has 8 heteroatoms. The molecular formula is C14H15Br2ClFNO3. The Labute approximate surface area is 150 Å². The molecule has 122 valence electrons.